The first-order chi connectivity index (χ1) is 9.15. The highest BCUT2D eigenvalue weighted by molar-refractivity contribution is 7.99. The Bertz CT molecular complexity index is 571. The van der Waals surface area contributed by atoms with E-state index in [0.29, 0.717) is 22.2 Å². The first-order valence-corrected chi connectivity index (χ1v) is 7.23. The highest BCUT2D eigenvalue weighted by Crippen LogP contribution is 2.21. The fourth-order valence-corrected chi connectivity index (χ4v) is 2.36. The summed E-state index contributed by atoms with van der Waals surface area (Å²) in [5.74, 6) is 1.64. The fourth-order valence-electron chi connectivity index (χ4n) is 1.48. The second kappa shape index (κ2) is 6.63. The number of para-hydroxylation sites is 1. The van der Waals surface area contributed by atoms with Crippen LogP contribution in [0.15, 0.2) is 34.9 Å². The van der Waals surface area contributed by atoms with E-state index < -0.39 is 0 Å². The minimum Gasteiger partial charge on any atom is -0.360 e. The number of rotatable bonds is 5. The molecule has 0 fully saturated rings. The van der Waals surface area contributed by atoms with Crippen molar-refractivity contribution in [3.05, 3.63) is 46.8 Å². The molecule has 0 unspecified atom stereocenters. The standard InChI is InChI=1S/C13H13ClN2O2S/c1-9-6-10(18-16-9)7-19-8-13(17)15-12-5-3-2-4-11(12)14/h2-6H,7-8H2,1H3,(H,15,17). The molecule has 6 heteroatoms. The number of benzene rings is 1. The molecule has 0 aliphatic carbocycles. The van der Waals surface area contributed by atoms with E-state index in [4.69, 9.17) is 16.1 Å². The zero-order chi connectivity index (χ0) is 13.7. The van der Waals surface area contributed by atoms with Gasteiger partial charge < -0.3 is 9.84 Å². The molecule has 1 aromatic heterocycles. The first-order valence-electron chi connectivity index (χ1n) is 5.69. The number of hydrogen-bond acceptors (Lipinski definition) is 4. The number of amides is 1. The lowest BCUT2D eigenvalue weighted by atomic mass is 10.3. The van der Waals surface area contributed by atoms with Gasteiger partial charge in [0.15, 0.2) is 0 Å². The van der Waals surface area contributed by atoms with Crippen LogP contribution in [0.3, 0.4) is 0 Å². The third-order valence-electron chi connectivity index (χ3n) is 2.30. The highest BCUT2D eigenvalue weighted by Gasteiger charge is 2.07. The summed E-state index contributed by atoms with van der Waals surface area (Å²) in [6.45, 7) is 1.86. The summed E-state index contributed by atoms with van der Waals surface area (Å²) in [4.78, 5) is 11.7. The van der Waals surface area contributed by atoms with E-state index >= 15 is 0 Å². The number of halogens is 1. The third-order valence-corrected chi connectivity index (χ3v) is 3.59. The van der Waals surface area contributed by atoms with Gasteiger partial charge in [-0.15, -0.1) is 11.8 Å². The monoisotopic (exact) mass is 296 g/mol. The van der Waals surface area contributed by atoms with Crippen molar-refractivity contribution in [3.63, 3.8) is 0 Å². The van der Waals surface area contributed by atoms with Gasteiger partial charge in [-0.25, -0.2) is 0 Å². The molecule has 0 spiro atoms. The molecule has 0 saturated heterocycles. The number of nitrogens with zero attached hydrogens (tertiary/aromatic N) is 1. The molecule has 1 heterocycles. The molecule has 1 N–H and O–H groups in total. The van der Waals surface area contributed by atoms with Crippen molar-refractivity contribution in [3.8, 4) is 0 Å². The van der Waals surface area contributed by atoms with Crippen LogP contribution in [0.4, 0.5) is 5.69 Å². The lowest BCUT2D eigenvalue weighted by molar-refractivity contribution is -0.113. The number of hydrogen-bond donors (Lipinski definition) is 1. The predicted molar refractivity (Wildman–Crippen MR) is 77.5 cm³/mol. The minimum atomic E-state index is -0.0886. The Morgan fingerprint density at radius 3 is 2.95 bits per heavy atom. The second-order valence-corrected chi connectivity index (χ2v) is 5.35. The molecular formula is C13H13ClN2O2S. The van der Waals surface area contributed by atoms with E-state index in [1.807, 2.05) is 25.1 Å². The summed E-state index contributed by atoms with van der Waals surface area (Å²) in [6, 6.07) is 9.01. The van der Waals surface area contributed by atoms with Gasteiger partial charge >= 0.3 is 0 Å². The number of anilines is 1. The van der Waals surface area contributed by atoms with Gasteiger partial charge in [0.05, 0.1) is 27.9 Å². The Morgan fingerprint density at radius 1 is 1.47 bits per heavy atom. The molecule has 0 saturated carbocycles. The highest BCUT2D eigenvalue weighted by atomic mass is 35.5. The van der Waals surface area contributed by atoms with Gasteiger partial charge in [-0.2, -0.15) is 0 Å². The molecule has 1 amide bonds. The van der Waals surface area contributed by atoms with Gasteiger partial charge in [-0.1, -0.05) is 28.9 Å². The molecule has 0 atom stereocenters. The summed E-state index contributed by atoms with van der Waals surface area (Å²) in [7, 11) is 0. The van der Waals surface area contributed by atoms with Crippen molar-refractivity contribution in [2.24, 2.45) is 0 Å². The number of nitrogens with one attached hydrogen (secondary N) is 1. The van der Waals surface area contributed by atoms with Crippen molar-refractivity contribution in [1.29, 1.82) is 0 Å². The third kappa shape index (κ3) is 4.29. The number of carbonyl (C=O) groups is 1. The number of aromatic nitrogens is 1. The lowest BCUT2D eigenvalue weighted by Gasteiger charge is -2.06. The van der Waals surface area contributed by atoms with Crippen LogP contribution < -0.4 is 5.32 Å². The summed E-state index contributed by atoms with van der Waals surface area (Å²) in [5, 5.41) is 7.09. The summed E-state index contributed by atoms with van der Waals surface area (Å²) < 4.78 is 5.06. The zero-order valence-corrected chi connectivity index (χ0v) is 11.9. The maximum Gasteiger partial charge on any atom is 0.234 e. The van der Waals surface area contributed by atoms with Crippen molar-refractivity contribution < 1.29 is 9.32 Å². The summed E-state index contributed by atoms with van der Waals surface area (Å²) >= 11 is 7.42. The molecule has 0 aliphatic heterocycles. The molecule has 0 aliphatic rings. The first kappa shape index (κ1) is 14.0. The van der Waals surface area contributed by atoms with Crippen LogP contribution in [0.5, 0.6) is 0 Å². The van der Waals surface area contributed by atoms with E-state index in [-0.39, 0.29) is 5.91 Å². The number of thioether (sulfide) groups is 1. The fraction of sp³-hybridized carbons (Fsp3) is 0.231. The maximum absolute atomic E-state index is 11.7. The topological polar surface area (TPSA) is 55.1 Å². The Balaban J connectivity index is 1.77. The lowest BCUT2D eigenvalue weighted by Crippen LogP contribution is -2.14. The van der Waals surface area contributed by atoms with Crippen molar-refractivity contribution >= 4 is 35.0 Å². The molecule has 2 rings (SSSR count). The normalized spacial score (nSPS) is 10.4. The molecule has 100 valence electrons. The zero-order valence-electron chi connectivity index (χ0n) is 10.4. The molecule has 1 aromatic carbocycles. The van der Waals surface area contributed by atoms with E-state index in [9.17, 15) is 4.79 Å². The van der Waals surface area contributed by atoms with E-state index in [2.05, 4.69) is 10.5 Å². The molecular weight excluding hydrogens is 284 g/mol. The van der Waals surface area contributed by atoms with Gasteiger partial charge in [0, 0.05) is 6.07 Å². The van der Waals surface area contributed by atoms with E-state index in [1.165, 1.54) is 11.8 Å². The Labute approximate surface area is 120 Å². The predicted octanol–water partition coefficient (Wildman–Crippen LogP) is 3.51. The van der Waals surface area contributed by atoms with Gasteiger partial charge in [-0.05, 0) is 19.1 Å². The number of carbonyl (C=O) groups excluding carboxylic acids is 1. The molecule has 0 radical (unpaired) electrons. The summed E-state index contributed by atoms with van der Waals surface area (Å²) in [6.07, 6.45) is 0. The largest absolute Gasteiger partial charge is 0.360 e. The Morgan fingerprint density at radius 2 is 2.26 bits per heavy atom. The van der Waals surface area contributed by atoms with Crippen LogP contribution in [0.2, 0.25) is 5.02 Å². The Kier molecular flexibility index (Phi) is 4.87. The van der Waals surface area contributed by atoms with Gasteiger partial charge in [-0.3, -0.25) is 4.79 Å². The van der Waals surface area contributed by atoms with Gasteiger partial charge in [0.2, 0.25) is 5.91 Å². The summed E-state index contributed by atoms with van der Waals surface area (Å²) in [5.41, 5.74) is 1.47. The van der Waals surface area contributed by atoms with E-state index in [1.54, 1.807) is 12.1 Å². The van der Waals surface area contributed by atoms with Crippen molar-refractivity contribution in [2.75, 3.05) is 11.1 Å². The van der Waals surface area contributed by atoms with Gasteiger partial charge in [0.1, 0.15) is 5.76 Å². The van der Waals surface area contributed by atoms with Crippen LogP contribution in [-0.4, -0.2) is 16.8 Å². The molecule has 0 bridgehead atoms. The minimum absolute atomic E-state index is 0.0886. The average molecular weight is 297 g/mol. The van der Waals surface area contributed by atoms with Crippen LogP contribution in [-0.2, 0) is 10.5 Å². The van der Waals surface area contributed by atoms with Gasteiger partial charge in [0.25, 0.3) is 0 Å². The van der Waals surface area contributed by atoms with Crippen LogP contribution in [0, 0.1) is 6.92 Å². The Hall–Kier alpha value is -1.46. The average Bonchev–Trinajstić information content (AvgIpc) is 2.78. The molecule has 4 nitrogen and oxygen atoms in total. The maximum atomic E-state index is 11.7. The molecule has 2 aromatic rings. The quantitative estimate of drug-likeness (QED) is 0.917. The van der Waals surface area contributed by atoms with Crippen molar-refractivity contribution in [2.45, 2.75) is 12.7 Å². The van der Waals surface area contributed by atoms with Crippen LogP contribution in [0.1, 0.15) is 11.5 Å². The smallest absolute Gasteiger partial charge is 0.234 e. The van der Waals surface area contributed by atoms with E-state index in [0.717, 1.165) is 11.5 Å². The van der Waals surface area contributed by atoms with Crippen LogP contribution in [0.25, 0.3) is 0 Å². The molecule has 19 heavy (non-hydrogen) atoms. The second-order valence-electron chi connectivity index (χ2n) is 3.96. The van der Waals surface area contributed by atoms with Crippen LogP contribution >= 0.6 is 23.4 Å². The SMILES string of the molecule is Cc1cc(CSCC(=O)Nc2ccccc2Cl)on1. The van der Waals surface area contributed by atoms with Crippen molar-refractivity contribution in [1.82, 2.24) is 5.16 Å². The number of aryl methyl sites for hydroxylation is 1.